The molecule has 8 nitrogen and oxygen atoms in total. The zero-order chi connectivity index (χ0) is 20.0. The zero-order valence-corrected chi connectivity index (χ0v) is 15.7. The third kappa shape index (κ3) is 2.93. The van der Waals surface area contributed by atoms with E-state index in [0.29, 0.717) is 5.02 Å². The van der Waals surface area contributed by atoms with Crippen LogP contribution in [0, 0.1) is 23.7 Å². The summed E-state index contributed by atoms with van der Waals surface area (Å²) in [5.41, 5.74) is 4.61. The van der Waals surface area contributed by atoms with Gasteiger partial charge in [-0.15, -0.1) is 0 Å². The van der Waals surface area contributed by atoms with Gasteiger partial charge in [0, 0.05) is 5.02 Å². The van der Waals surface area contributed by atoms with Crippen molar-refractivity contribution in [3.05, 3.63) is 40.9 Å². The molecule has 4 amide bonds. The van der Waals surface area contributed by atoms with E-state index in [1.54, 1.807) is 6.07 Å². The number of fused-ring (bicyclic) bond motifs is 5. The fourth-order valence-electron chi connectivity index (χ4n) is 4.35. The van der Waals surface area contributed by atoms with Crippen molar-refractivity contribution in [2.75, 3.05) is 13.7 Å². The number of ether oxygens (including phenoxy) is 1. The van der Waals surface area contributed by atoms with Gasteiger partial charge < -0.3 is 4.74 Å². The van der Waals surface area contributed by atoms with Gasteiger partial charge in [0.05, 0.1) is 24.5 Å². The van der Waals surface area contributed by atoms with Gasteiger partial charge in [-0.3, -0.25) is 34.9 Å². The Hall–Kier alpha value is -2.87. The van der Waals surface area contributed by atoms with E-state index in [-0.39, 0.29) is 46.8 Å². The number of hydrogen-bond acceptors (Lipinski definition) is 5. The summed E-state index contributed by atoms with van der Waals surface area (Å²) in [5, 5.41) is 0.334. The number of carbonyl (C=O) groups is 4. The van der Waals surface area contributed by atoms with Gasteiger partial charge in [-0.25, -0.2) is 0 Å². The molecule has 0 radical (unpaired) electrons. The van der Waals surface area contributed by atoms with E-state index in [2.05, 4.69) is 10.9 Å². The van der Waals surface area contributed by atoms with Crippen LogP contribution in [0.5, 0.6) is 5.75 Å². The summed E-state index contributed by atoms with van der Waals surface area (Å²) in [4.78, 5) is 50.6. The van der Waals surface area contributed by atoms with Gasteiger partial charge in [0.15, 0.2) is 0 Å². The molecule has 3 aliphatic rings. The number of rotatable bonds is 4. The van der Waals surface area contributed by atoms with Crippen LogP contribution >= 0.6 is 11.6 Å². The molecule has 146 valence electrons. The lowest BCUT2D eigenvalue weighted by atomic mass is 9.85. The zero-order valence-electron chi connectivity index (χ0n) is 15.0. The molecule has 2 N–H and O–H groups in total. The molecule has 2 aliphatic carbocycles. The van der Waals surface area contributed by atoms with Crippen molar-refractivity contribution < 1.29 is 23.9 Å². The Kier molecular flexibility index (Phi) is 4.58. The second-order valence-corrected chi connectivity index (χ2v) is 7.55. The summed E-state index contributed by atoms with van der Waals surface area (Å²) in [6, 6.07) is 4.50. The number of methoxy groups -OCH3 is 1. The molecule has 9 heteroatoms. The predicted octanol–water partition coefficient (Wildman–Crippen LogP) is 0.917. The maximum Gasteiger partial charge on any atom is 0.273 e. The lowest BCUT2D eigenvalue weighted by molar-refractivity contribution is -0.144. The summed E-state index contributed by atoms with van der Waals surface area (Å²) < 4.78 is 5.10. The van der Waals surface area contributed by atoms with Gasteiger partial charge in [0.2, 0.25) is 11.8 Å². The van der Waals surface area contributed by atoms with E-state index in [0.717, 1.165) is 11.3 Å². The minimum absolute atomic E-state index is 0.0782. The predicted molar refractivity (Wildman–Crippen MR) is 98.0 cm³/mol. The molecule has 1 aromatic rings. The van der Waals surface area contributed by atoms with E-state index < -0.39 is 18.4 Å². The Morgan fingerprint density at radius 1 is 1.14 bits per heavy atom. The number of hydrazine groups is 1. The van der Waals surface area contributed by atoms with E-state index in [4.69, 9.17) is 16.3 Å². The summed E-state index contributed by atoms with van der Waals surface area (Å²) in [5.74, 6) is -2.21. The average molecular weight is 404 g/mol. The molecule has 1 aromatic carbocycles. The molecule has 1 saturated carbocycles. The van der Waals surface area contributed by atoms with Gasteiger partial charge in [0.1, 0.15) is 12.3 Å². The molecule has 2 fully saturated rings. The molecular formula is C19H18ClN3O5. The van der Waals surface area contributed by atoms with Crippen LogP contribution in [0.4, 0.5) is 0 Å². The van der Waals surface area contributed by atoms with E-state index >= 15 is 0 Å². The largest absolute Gasteiger partial charge is 0.496 e. The van der Waals surface area contributed by atoms with Crippen molar-refractivity contribution in [1.82, 2.24) is 15.8 Å². The number of nitrogens with one attached hydrogen (secondary N) is 2. The molecule has 1 aliphatic heterocycles. The molecule has 1 heterocycles. The maximum atomic E-state index is 12.6. The minimum atomic E-state index is -0.670. The first-order chi connectivity index (χ1) is 13.4. The van der Waals surface area contributed by atoms with Crippen molar-refractivity contribution in [3.63, 3.8) is 0 Å². The topological polar surface area (TPSA) is 105 Å². The summed E-state index contributed by atoms with van der Waals surface area (Å²) in [6.07, 6.45) is 4.79. The summed E-state index contributed by atoms with van der Waals surface area (Å²) in [7, 11) is 1.40. The van der Waals surface area contributed by atoms with Crippen LogP contribution in [0.3, 0.4) is 0 Å². The highest BCUT2D eigenvalue weighted by Crippen LogP contribution is 2.52. The van der Waals surface area contributed by atoms with Crippen LogP contribution in [-0.2, 0) is 14.4 Å². The van der Waals surface area contributed by atoms with Crippen LogP contribution in [0.2, 0.25) is 5.02 Å². The third-order valence-electron chi connectivity index (χ3n) is 5.58. The first-order valence-corrected chi connectivity index (χ1v) is 9.24. The molecule has 4 atom stereocenters. The normalized spacial score (nSPS) is 27.1. The Balaban J connectivity index is 1.37. The van der Waals surface area contributed by atoms with Gasteiger partial charge >= 0.3 is 0 Å². The molecule has 0 unspecified atom stereocenters. The Morgan fingerprint density at radius 2 is 1.79 bits per heavy atom. The smallest absolute Gasteiger partial charge is 0.273 e. The molecule has 2 bridgehead atoms. The second-order valence-electron chi connectivity index (χ2n) is 7.11. The van der Waals surface area contributed by atoms with Crippen LogP contribution < -0.4 is 15.6 Å². The van der Waals surface area contributed by atoms with Crippen molar-refractivity contribution in [2.45, 2.75) is 6.42 Å². The van der Waals surface area contributed by atoms with Gasteiger partial charge in [-0.2, -0.15) is 0 Å². The minimum Gasteiger partial charge on any atom is -0.496 e. The molecule has 1 saturated heterocycles. The quantitative estimate of drug-likeness (QED) is 0.442. The van der Waals surface area contributed by atoms with Crippen LogP contribution in [-0.4, -0.2) is 42.2 Å². The number of nitrogens with zero attached hydrogens (tertiary/aromatic N) is 1. The lowest BCUT2D eigenvalue weighted by Crippen LogP contribution is -2.48. The number of benzene rings is 1. The fourth-order valence-corrected chi connectivity index (χ4v) is 4.53. The Labute approximate surface area is 165 Å². The van der Waals surface area contributed by atoms with Gasteiger partial charge in [0.25, 0.3) is 11.8 Å². The highest BCUT2D eigenvalue weighted by molar-refractivity contribution is 6.31. The van der Waals surface area contributed by atoms with Crippen LogP contribution in [0.25, 0.3) is 0 Å². The average Bonchev–Trinajstić information content (AvgIpc) is 3.36. The van der Waals surface area contributed by atoms with Gasteiger partial charge in [-0.05, 0) is 36.5 Å². The fraction of sp³-hybridized carbons (Fsp3) is 0.368. The van der Waals surface area contributed by atoms with Crippen molar-refractivity contribution in [2.24, 2.45) is 23.7 Å². The van der Waals surface area contributed by atoms with Crippen LogP contribution in [0.1, 0.15) is 16.8 Å². The standard InChI is InChI=1S/C19H18ClN3O5/c1-28-13-5-4-11(20)7-12(13)17(25)22-21-14(24)8-23-18(26)15-9-2-3-10(6-9)16(15)19(23)27/h2-5,7,9-10,15-16H,6,8H2,1H3,(H,21,24)(H,22,25)/t9-,10+,15-,16-/m0/s1. The van der Waals surface area contributed by atoms with E-state index in [1.807, 2.05) is 12.2 Å². The molecular weight excluding hydrogens is 386 g/mol. The number of carbonyl (C=O) groups excluding carboxylic acids is 4. The maximum absolute atomic E-state index is 12.6. The SMILES string of the molecule is COc1ccc(Cl)cc1C(=O)NNC(=O)CN1C(=O)[C@@H]2[C@@H](C1=O)[C@H]1C=C[C@@H]2C1. The first-order valence-electron chi connectivity index (χ1n) is 8.87. The highest BCUT2D eigenvalue weighted by atomic mass is 35.5. The Morgan fingerprint density at radius 3 is 2.39 bits per heavy atom. The number of halogens is 1. The molecule has 4 rings (SSSR count). The van der Waals surface area contributed by atoms with Gasteiger partial charge in [-0.1, -0.05) is 23.8 Å². The lowest BCUT2D eigenvalue weighted by Gasteiger charge is -2.17. The Bertz CT molecular complexity index is 885. The highest BCUT2D eigenvalue weighted by Gasteiger charge is 2.59. The third-order valence-corrected chi connectivity index (χ3v) is 5.82. The molecule has 0 spiro atoms. The molecule has 0 aromatic heterocycles. The van der Waals surface area contributed by atoms with Crippen molar-refractivity contribution >= 4 is 35.2 Å². The summed E-state index contributed by atoms with van der Waals surface area (Å²) in [6.45, 7) is -0.433. The van der Waals surface area contributed by atoms with E-state index in [9.17, 15) is 19.2 Å². The molecule has 28 heavy (non-hydrogen) atoms. The second kappa shape index (κ2) is 6.94. The van der Waals surface area contributed by atoms with Crippen molar-refractivity contribution in [1.29, 1.82) is 0 Å². The number of imide groups is 1. The number of likely N-dealkylation sites (tertiary alicyclic amines) is 1. The number of allylic oxidation sites excluding steroid dienone is 2. The van der Waals surface area contributed by atoms with Crippen molar-refractivity contribution in [3.8, 4) is 5.75 Å². The monoisotopic (exact) mass is 403 g/mol. The summed E-state index contributed by atoms with van der Waals surface area (Å²) >= 11 is 5.89. The number of hydrogen-bond donors (Lipinski definition) is 2. The van der Waals surface area contributed by atoms with E-state index in [1.165, 1.54) is 19.2 Å². The first kappa shape index (κ1) is 18.5. The number of amides is 4. The van der Waals surface area contributed by atoms with Crippen LogP contribution in [0.15, 0.2) is 30.4 Å².